The highest BCUT2D eigenvalue weighted by Crippen LogP contribution is 2.29. The lowest BCUT2D eigenvalue weighted by atomic mass is 10.0. The summed E-state index contributed by atoms with van der Waals surface area (Å²) in [5.74, 6) is 1.35. The van der Waals surface area contributed by atoms with Gasteiger partial charge < -0.3 is 34.7 Å². The van der Waals surface area contributed by atoms with Gasteiger partial charge in [-0.3, -0.25) is 15.0 Å². The standard InChI is InChI=1S/C39H42N4O7/c44-35-15-13-32(33-14-16-37(46)42-38(33)35)36(45)26-40-19-23-48-29-9-6-10-30(25-29)49-24-22-43-20-17-28(18-21-43)50-39(47)41-34-12-5-4-11-31(34)27-7-2-1-3-8-27/h1-16,25,28,36,40,44-45H,17-24,26H2,(H,41,47)(H,42,46). The molecule has 1 fully saturated rings. The summed E-state index contributed by atoms with van der Waals surface area (Å²) in [6.45, 7) is 4.06. The van der Waals surface area contributed by atoms with Crippen LogP contribution in [-0.2, 0) is 4.74 Å². The normalized spacial score (nSPS) is 14.3. The van der Waals surface area contributed by atoms with Gasteiger partial charge in [-0.2, -0.15) is 0 Å². The SMILES string of the molecule is O=C(Nc1ccccc1-c1ccccc1)OC1CCN(CCOc2cccc(OCCNCC(O)c3ccc(O)c4[nH]c(=O)ccc34)c2)CC1. The number of H-pyrrole nitrogens is 1. The number of anilines is 1. The number of carbonyl (C=O) groups excluding carboxylic acids is 1. The Labute approximate surface area is 290 Å². The largest absolute Gasteiger partial charge is 0.506 e. The second-order valence-corrected chi connectivity index (χ2v) is 12.2. The maximum atomic E-state index is 12.7. The minimum absolute atomic E-state index is 0.0448. The number of pyridine rings is 1. The number of amides is 1. The minimum atomic E-state index is -0.841. The first-order chi connectivity index (χ1) is 24.4. The smallest absolute Gasteiger partial charge is 0.411 e. The average molecular weight is 679 g/mol. The summed E-state index contributed by atoms with van der Waals surface area (Å²) in [4.78, 5) is 29.3. The zero-order valence-corrected chi connectivity index (χ0v) is 27.7. The molecule has 0 radical (unpaired) electrons. The van der Waals surface area contributed by atoms with Gasteiger partial charge in [0, 0.05) is 55.8 Å². The Morgan fingerprint density at radius 3 is 2.42 bits per heavy atom. The van der Waals surface area contributed by atoms with E-state index in [1.807, 2.05) is 78.9 Å². The average Bonchev–Trinajstić information content (AvgIpc) is 3.13. The van der Waals surface area contributed by atoms with Crippen LogP contribution in [0.3, 0.4) is 0 Å². The van der Waals surface area contributed by atoms with Crippen molar-refractivity contribution in [1.29, 1.82) is 0 Å². The Hall–Kier alpha value is -5.36. The number of para-hydroxylation sites is 1. The minimum Gasteiger partial charge on any atom is -0.506 e. The van der Waals surface area contributed by atoms with E-state index in [1.165, 1.54) is 12.1 Å². The van der Waals surface area contributed by atoms with E-state index in [2.05, 4.69) is 20.5 Å². The molecule has 0 aliphatic carbocycles. The summed E-state index contributed by atoms with van der Waals surface area (Å²) in [6.07, 6.45) is 0.102. The van der Waals surface area contributed by atoms with Crippen molar-refractivity contribution in [2.75, 3.05) is 51.3 Å². The van der Waals surface area contributed by atoms with Crippen LogP contribution >= 0.6 is 0 Å². The lowest BCUT2D eigenvalue weighted by Crippen LogP contribution is -2.40. The molecule has 1 aromatic heterocycles. The first kappa shape index (κ1) is 34.5. The summed E-state index contributed by atoms with van der Waals surface area (Å²) in [5, 5.41) is 27.5. The Kier molecular flexibility index (Phi) is 11.6. The number of phenols is 1. The molecular formula is C39H42N4O7. The molecule has 5 aromatic rings. The van der Waals surface area contributed by atoms with Gasteiger partial charge in [0.25, 0.3) is 0 Å². The maximum Gasteiger partial charge on any atom is 0.411 e. The van der Waals surface area contributed by atoms with Crippen LogP contribution in [-0.4, -0.2) is 78.2 Å². The highest BCUT2D eigenvalue weighted by Gasteiger charge is 2.23. The zero-order chi connectivity index (χ0) is 34.7. The number of piperidine rings is 1. The molecule has 0 bridgehead atoms. The van der Waals surface area contributed by atoms with E-state index in [4.69, 9.17) is 14.2 Å². The van der Waals surface area contributed by atoms with Crippen LogP contribution in [0.15, 0.2) is 108 Å². The summed E-state index contributed by atoms with van der Waals surface area (Å²) >= 11 is 0. The molecule has 6 rings (SSSR count). The van der Waals surface area contributed by atoms with E-state index < -0.39 is 12.2 Å². The molecule has 1 unspecified atom stereocenters. The van der Waals surface area contributed by atoms with Crippen molar-refractivity contribution in [2.45, 2.75) is 25.0 Å². The molecule has 2 heterocycles. The number of likely N-dealkylation sites (tertiary alicyclic amines) is 1. The molecule has 1 amide bonds. The van der Waals surface area contributed by atoms with E-state index in [9.17, 15) is 19.8 Å². The van der Waals surface area contributed by atoms with E-state index in [0.717, 1.165) is 49.3 Å². The molecule has 50 heavy (non-hydrogen) atoms. The number of aliphatic hydroxyl groups is 1. The molecule has 1 atom stereocenters. The van der Waals surface area contributed by atoms with E-state index in [1.54, 1.807) is 12.1 Å². The Morgan fingerprint density at radius 1 is 0.880 bits per heavy atom. The van der Waals surface area contributed by atoms with Crippen LogP contribution in [0.5, 0.6) is 17.2 Å². The summed E-state index contributed by atoms with van der Waals surface area (Å²) < 4.78 is 17.7. The molecule has 5 N–H and O–H groups in total. The molecule has 4 aromatic carbocycles. The molecule has 1 aliphatic heterocycles. The number of aromatic nitrogens is 1. The number of nitrogens with zero attached hydrogens (tertiary/aromatic N) is 1. The number of aromatic amines is 1. The van der Waals surface area contributed by atoms with Gasteiger partial charge in [0.15, 0.2) is 0 Å². The van der Waals surface area contributed by atoms with E-state index >= 15 is 0 Å². The van der Waals surface area contributed by atoms with Crippen LogP contribution in [0.2, 0.25) is 0 Å². The van der Waals surface area contributed by atoms with Gasteiger partial charge in [-0.05, 0) is 54.3 Å². The van der Waals surface area contributed by atoms with Gasteiger partial charge in [-0.1, -0.05) is 60.7 Å². The third-order valence-corrected chi connectivity index (χ3v) is 8.69. The number of aromatic hydroxyl groups is 1. The second-order valence-electron chi connectivity index (χ2n) is 12.2. The molecule has 260 valence electrons. The fourth-order valence-electron chi connectivity index (χ4n) is 6.09. The van der Waals surface area contributed by atoms with Gasteiger partial charge in [-0.15, -0.1) is 0 Å². The number of fused-ring (bicyclic) bond motifs is 1. The second kappa shape index (κ2) is 16.8. The highest BCUT2D eigenvalue weighted by molar-refractivity contribution is 5.91. The number of ether oxygens (including phenoxy) is 3. The predicted molar refractivity (Wildman–Crippen MR) is 193 cm³/mol. The Balaban J connectivity index is 0.869. The van der Waals surface area contributed by atoms with E-state index in [0.29, 0.717) is 47.7 Å². The Bertz CT molecular complexity index is 1930. The first-order valence-electron chi connectivity index (χ1n) is 16.9. The summed E-state index contributed by atoms with van der Waals surface area (Å²) in [6, 6.07) is 31.2. The lowest BCUT2D eigenvalue weighted by molar-refractivity contribution is 0.0548. The lowest BCUT2D eigenvalue weighted by Gasteiger charge is -2.31. The first-order valence-corrected chi connectivity index (χ1v) is 16.9. The number of aliphatic hydroxyl groups excluding tert-OH is 1. The number of hydrogen-bond acceptors (Lipinski definition) is 9. The third-order valence-electron chi connectivity index (χ3n) is 8.69. The van der Waals surface area contributed by atoms with Crippen molar-refractivity contribution in [3.63, 3.8) is 0 Å². The topological polar surface area (TPSA) is 145 Å². The maximum absolute atomic E-state index is 12.7. The molecule has 11 nitrogen and oxygen atoms in total. The monoisotopic (exact) mass is 678 g/mol. The predicted octanol–water partition coefficient (Wildman–Crippen LogP) is 5.69. The number of carbonyl (C=O) groups is 1. The summed E-state index contributed by atoms with van der Waals surface area (Å²) in [7, 11) is 0. The van der Waals surface area contributed by atoms with Crippen LogP contribution in [0.25, 0.3) is 22.0 Å². The van der Waals surface area contributed by atoms with Crippen molar-refractivity contribution >= 4 is 22.7 Å². The number of rotatable bonds is 14. The molecule has 0 spiro atoms. The molecule has 11 heteroatoms. The van der Waals surface area contributed by atoms with Crippen molar-refractivity contribution in [2.24, 2.45) is 0 Å². The molecular weight excluding hydrogens is 636 g/mol. The van der Waals surface area contributed by atoms with Crippen molar-refractivity contribution in [3.05, 3.63) is 119 Å². The van der Waals surface area contributed by atoms with Gasteiger partial charge in [0.1, 0.15) is 36.6 Å². The van der Waals surface area contributed by atoms with E-state index in [-0.39, 0.29) is 24.0 Å². The fraction of sp³-hybridized carbons (Fsp3) is 0.282. The van der Waals surface area contributed by atoms with Gasteiger partial charge in [-0.25, -0.2) is 4.79 Å². The van der Waals surface area contributed by atoms with Crippen molar-refractivity contribution in [3.8, 4) is 28.4 Å². The number of hydrogen-bond donors (Lipinski definition) is 5. The number of nitrogens with one attached hydrogen (secondary N) is 3. The number of benzene rings is 4. The highest BCUT2D eigenvalue weighted by atomic mass is 16.6. The molecule has 1 aliphatic rings. The fourth-order valence-corrected chi connectivity index (χ4v) is 6.09. The quantitative estimate of drug-likeness (QED) is 0.0935. The third kappa shape index (κ3) is 9.20. The van der Waals surface area contributed by atoms with Crippen LogP contribution in [0.1, 0.15) is 24.5 Å². The van der Waals surface area contributed by atoms with Gasteiger partial charge >= 0.3 is 6.09 Å². The molecule has 1 saturated heterocycles. The van der Waals surface area contributed by atoms with Gasteiger partial charge in [0.05, 0.1) is 17.3 Å². The zero-order valence-electron chi connectivity index (χ0n) is 27.7. The summed E-state index contributed by atoms with van der Waals surface area (Å²) in [5.41, 5.74) is 3.29. The Morgan fingerprint density at radius 2 is 1.62 bits per heavy atom. The van der Waals surface area contributed by atoms with Crippen LogP contribution in [0.4, 0.5) is 10.5 Å². The van der Waals surface area contributed by atoms with Crippen LogP contribution < -0.4 is 25.7 Å². The van der Waals surface area contributed by atoms with Crippen molar-refractivity contribution < 1.29 is 29.2 Å². The molecule has 0 saturated carbocycles. The number of phenolic OH excluding ortho intramolecular Hbond substituents is 1. The van der Waals surface area contributed by atoms with Crippen LogP contribution in [0, 0.1) is 0 Å². The van der Waals surface area contributed by atoms with Gasteiger partial charge in [0.2, 0.25) is 5.56 Å². The van der Waals surface area contributed by atoms with Crippen molar-refractivity contribution in [1.82, 2.24) is 15.2 Å².